The summed E-state index contributed by atoms with van der Waals surface area (Å²) in [5.74, 6) is 1.70. The number of aryl methyl sites for hydroxylation is 1. The monoisotopic (exact) mass is 1010 g/mol. The molecule has 0 amide bonds. The van der Waals surface area contributed by atoms with Gasteiger partial charge in [0.2, 0.25) is 0 Å². The Morgan fingerprint density at radius 1 is 0.533 bits per heavy atom. The molecule has 11 heteroatoms. The number of hydrogen-bond acceptors (Lipinski definition) is 10. The van der Waals surface area contributed by atoms with Crippen LogP contribution in [0.5, 0.6) is 23.0 Å². The van der Waals surface area contributed by atoms with Gasteiger partial charge in [-0.2, -0.15) is 0 Å². The first-order chi connectivity index (χ1) is 36.6. The van der Waals surface area contributed by atoms with Crippen LogP contribution in [0.1, 0.15) is 106 Å². The van der Waals surface area contributed by atoms with Gasteiger partial charge < -0.3 is 39.4 Å². The minimum atomic E-state index is -1.26. The van der Waals surface area contributed by atoms with E-state index in [1.54, 1.807) is 6.07 Å². The molecule has 8 aromatic rings. The van der Waals surface area contributed by atoms with Gasteiger partial charge in [-0.05, 0) is 129 Å². The van der Waals surface area contributed by atoms with Gasteiger partial charge in [0.05, 0.1) is 21.8 Å². The first kappa shape index (κ1) is 46.6. The number of anilines is 6. The second-order valence-corrected chi connectivity index (χ2v) is 20.7. The molecule has 0 aromatic heterocycles. The van der Waals surface area contributed by atoms with Gasteiger partial charge in [0.25, 0.3) is 0 Å². The number of esters is 2. The summed E-state index contributed by atoms with van der Waals surface area (Å²) in [4.78, 5) is 32.2. The first-order valence-electron chi connectivity index (χ1n) is 26.1. The number of fused-ring (bicyclic) bond motifs is 12. The fourth-order valence-electron chi connectivity index (χ4n) is 12.3. The van der Waals surface area contributed by atoms with Crippen molar-refractivity contribution in [3.05, 3.63) is 213 Å². The van der Waals surface area contributed by atoms with E-state index in [2.05, 4.69) is 103 Å². The van der Waals surface area contributed by atoms with E-state index in [9.17, 15) is 9.59 Å². The quantitative estimate of drug-likeness (QED) is 0.129. The molecule has 1 saturated carbocycles. The molecule has 4 heterocycles. The molecule has 2 unspecified atom stereocenters. The maximum absolute atomic E-state index is 13.8. The number of hydrogen-bond donors (Lipinski definition) is 2. The molecule has 2 N–H and O–H groups in total. The molecule has 2 atom stereocenters. The van der Waals surface area contributed by atoms with Crippen molar-refractivity contribution in [2.24, 2.45) is 0 Å². The molecule has 0 saturated heterocycles. The van der Waals surface area contributed by atoms with Gasteiger partial charge in [0.15, 0.2) is 11.2 Å². The van der Waals surface area contributed by atoms with Crippen LogP contribution < -0.4 is 29.9 Å². The lowest BCUT2D eigenvalue weighted by atomic mass is 9.77. The van der Waals surface area contributed by atoms with Crippen molar-refractivity contribution in [3.8, 4) is 34.1 Å². The molecule has 5 aliphatic rings. The zero-order valence-electron chi connectivity index (χ0n) is 42.3. The average Bonchev–Trinajstić information content (AvgIpc) is 4.12. The Hall–Kier alpha value is -8.21. The van der Waals surface area contributed by atoms with Gasteiger partial charge in [-0.25, -0.2) is 9.59 Å². The highest BCUT2D eigenvalue weighted by molar-refractivity contribution is 6.33. The minimum Gasteiger partial charge on any atom is -0.456 e. The van der Waals surface area contributed by atoms with Crippen molar-refractivity contribution < 1.29 is 28.5 Å². The van der Waals surface area contributed by atoms with Crippen LogP contribution in [0.4, 0.5) is 34.1 Å². The van der Waals surface area contributed by atoms with Gasteiger partial charge in [0.1, 0.15) is 23.0 Å². The zero-order chi connectivity index (χ0) is 51.2. The predicted molar refractivity (Wildman–Crippen MR) is 296 cm³/mol. The van der Waals surface area contributed by atoms with Crippen LogP contribution in [0, 0.1) is 6.92 Å². The van der Waals surface area contributed by atoms with E-state index in [1.807, 2.05) is 97.1 Å². The highest BCUT2D eigenvalue weighted by Gasteiger charge is 2.55. The molecule has 8 aromatic carbocycles. The summed E-state index contributed by atoms with van der Waals surface area (Å²) in [7, 11) is 2.18. The summed E-state index contributed by atoms with van der Waals surface area (Å²) < 4.78 is 26.6. The van der Waals surface area contributed by atoms with E-state index in [-0.39, 0.29) is 5.97 Å². The standard InChI is InChI=1S/C64H55ClN4O6/c1-5-69(6-2)45-27-29-51-59(34-45)73-60-37-54(65)56(36-53(60)64(51)49-25-13-11-23-47(49)62(71)75-64)67-42-19-15-17-40(32-42)39-16-14-18-41(31-39)66-55-35-52-57(30-38(55)3)72-58-33-44(68(4)43-20-8-7-9-21-43)26-28-50(58)63(52)48-24-12-10-22-46(48)61(70)74-63/h10-19,22-37,43,66-67H,5-9,20-21H2,1-4H3. The highest BCUT2D eigenvalue weighted by atomic mass is 35.5. The predicted octanol–water partition coefficient (Wildman–Crippen LogP) is 15.6. The molecule has 75 heavy (non-hydrogen) atoms. The van der Waals surface area contributed by atoms with Crippen LogP contribution >= 0.6 is 11.6 Å². The third-order valence-electron chi connectivity index (χ3n) is 16.1. The van der Waals surface area contributed by atoms with Gasteiger partial charge in [-0.1, -0.05) is 91.5 Å². The molecule has 13 rings (SSSR count). The van der Waals surface area contributed by atoms with Crippen LogP contribution in [0.15, 0.2) is 158 Å². The second kappa shape index (κ2) is 18.0. The zero-order valence-corrected chi connectivity index (χ0v) is 43.0. The molecule has 1 fully saturated rings. The number of rotatable bonds is 10. The van der Waals surface area contributed by atoms with Gasteiger partial charge in [0, 0.05) is 106 Å². The fraction of sp³-hybridized carbons (Fsp3) is 0.219. The lowest BCUT2D eigenvalue weighted by Crippen LogP contribution is -2.35. The Kier molecular flexibility index (Phi) is 11.2. The maximum Gasteiger partial charge on any atom is 0.340 e. The van der Waals surface area contributed by atoms with E-state index in [1.165, 1.54) is 32.1 Å². The Morgan fingerprint density at radius 3 is 1.63 bits per heavy atom. The molecule has 0 bridgehead atoms. The Balaban J connectivity index is 0.816. The number of nitrogens with one attached hydrogen (secondary N) is 2. The first-order valence-corrected chi connectivity index (χ1v) is 26.5. The lowest BCUT2D eigenvalue weighted by Gasteiger charge is -2.38. The summed E-state index contributed by atoms with van der Waals surface area (Å²) in [6.45, 7) is 7.97. The summed E-state index contributed by atoms with van der Waals surface area (Å²) in [5, 5.41) is 7.76. The Bertz CT molecular complexity index is 3660. The Morgan fingerprint density at radius 2 is 1.04 bits per heavy atom. The molecule has 1 aliphatic carbocycles. The van der Waals surface area contributed by atoms with Crippen molar-refractivity contribution in [1.82, 2.24) is 0 Å². The minimum absolute atomic E-state index is 0.362. The summed E-state index contributed by atoms with van der Waals surface area (Å²) in [6, 6.07) is 52.5. The number of halogens is 1. The van der Waals surface area contributed by atoms with Crippen LogP contribution in [0.2, 0.25) is 5.02 Å². The topological polar surface area (TPSA) is 102 Å². The van der Waals surface area contributed by atoms with Crippen molar-refractivity contribution in [2.75, 3.05) is 40.6 Å². The SMILES string of the molecule is CCN(CC)c1ccc2c(c1)Oc1cc(Cl)c(Nc3cccc(-c4cccc(Nc5cc6c(cc5C)Oc5cc(N(C)C7CCCCC7)ccc5C65OC(=O)c6ccccc65)c4)c3)cc1C21OC(=O)c2ccccc21. The maximum atomic E-state index is 13.8. The lowest BCUT2D eigenvalue weighted by molar-refractivity contribution is 0.0214. The highest BCUT2D eigenvalue weighted by Crippen LogP contribution is 2.60. The third-order valence-corrected chi connectivity index (χ3v) is 16.4. The van der Waals surface area contributed by atoms with E-state index >= 15 is 0 Å². The van der Waals surface area contributed by atoms with E-state index < -0.39 is 17.2 Å². The molecule has 4 aliphatic heterocycles. The summed E-state index contributed by atoms with van der Waals surface area (Å²) in [6.07, 6.45) is 6.10. The van der Waals surface area contributed by atoms with Crippen LogP contribution in [-0.2, 0) is 20.7 Å². The molecular formula is C64H55ClN4O6. The normalized spacial score (nSPS) is 18.6. The molecule has 0 radical (unpaired) electrons. The number of nitrogens with zero attached hydrogens (tertiary/aromatic N) is 2. The molecular weight excluding hydrogens is 956 g/mol. The fourth-order valence-corrected chi connectivity index (χ4v) is 12.5. The van der Waals surface area contributed by atoms with Crippen LogP contribution in [0.3, 0.4) is 0 Å². The Labute approximate surface area is 441 Å². The van der Waals surface area contributed by atoms with Gasteiger partial charge in [-0.3, -0.25) is 0 Å². The van der Waals surface area contributed by atoms with Gasteiger partial charge >= 0.3 is 11.9 Å². The van der Waals surface area contributed by atoms with Crippen molar-refractivity contribution in [1.29, 1.82) is 0 Å². The summed E-state index contributed by atoms with van der Waals surface area (Å²) >= 11 is 7.14. The third kappa shape index (κ3) is 7.43. The average molecular weight is 1010 g/mol. The summed E-state index contributed by atoms with van der Waals surface area (Å²) in [5.41, 5.74) is 11.3. The van der Waals surface area contributed by atoms with Crippen molar-refractivity contribution in [3.63, 3.8) is 0 Å². The number of benzene rings is 8. The number of carbonyl (C=O) groups is 2. The van der Waals surface area contributed by atoms with E-state index in [4.69, 9.17) is 30.5 Å². The number of carbonyl (C=O) groups excluding carboxylic acids is 2. The van der Waals surface area contributed by atoms with Gasteiger partial charge in [-0.15, -0.1) is 0 Å². The second-order valence-electron chi connectivity index (χ2n) is 20.3. The van der Waals surface area contributed by atoms with Crippen molar-refractivity contribution in [2.45, 2.75) is 70.1 Å². The molecule has 374 valence electrons. The molecule has 10 nitrogen and oxygen atoms in total. The van der Waals surface area contributed by atoms with E-state index in [0.29, 0.717) is 56.4 Å². The largest absolute Gasteiger partial charge is 0.456 e. The van der Waals surface area contributed by atoms with E-state index in [0.717, 1.165) is 86.0 Å². The smallest absolute Gasteiger partial charge is 0.340 e. The number of ether oxygens (including phenoxy) is 4. The van der Waals surface area contributed by atoms with Crippen molar-refractivity contribution >= 4 is 57.7 Å². The van der Waals surface area contributed by atoms with Crippen LogP contribution in [0.25, 0.3) is 11.1 Å². The molecule has 2 spiro atoms. The van der Waals surface area contributed by atoms with Crippen LogP contribution in [-0.4, -0.2) is 38.1 Å².